The molecule has 0 fully saturated rings. The molecule has 1 aromatic carbocycles. The number of aromatic amines is 1. The number of fused-ring (bicyclic) bond motifs is 1. The van der Waals surface area contributed by atoms with Crippen molar-refractivity contribution in [3.63, 3.8) is 0 Å². The fourth-order valence-electron chi connectivity index (χ4n) is 3.34. The Morgan fingerprint density at radius 2 is 1.88 bits per heavy atom. The molecule has 1 unspecified atom stereocenters. The molecule has 1 amide bonds. The van der Waals surface area contributed by atoms with Crippen LogP contribution in [0.2, 0.25) is 0 Å². The average Bonchev–Trinajstić information content (AvgIpc) is 3.18. The van der Waals surface area contributed by atoms with Crippen molar-refractivity contribution >= 4 is 48.2 Å². The number of hydrogen-bond acceptors (Lipinski definition) is 6. The van der Waals surface area contributed by atoms with Crippen LogP contribution in [0.5, 0.6) is 0 Å². The summed E-state index contributed by atoms with van der Waals surface area (Å²) in [4.78, 5) is 19.5. The second-order valence-electron chi connectivity index (χ2n) is 7.23. The number of amides is 1. The molecular weight excluding hydrogens is 478 g/mol. The summed E-state index contributed by atoms with van der Waals surface area (Å²) in [5, 5.41) is 2.97. The van der Waals surface area contributed by atoms with Gasteiger partial charge in [-0.25, -0.2) is 30.6 Å². The standard InChI is InChI=1S/C20H22F2N4O5S2/c1-3-9-32(28,29)16(4-2)33(30,31)26-15-6-5-14(21)17(18(15)22)20(27)25-13-10-12-7-8-23-19(12)24-11-13/h5-8,10-11,16,26H,3-4,9H2,1-2H3,(H,23,24)(H,25,27). The van der Waals surface area contributed by atoms with Crippen molar-refractivity contribution in [2.24, 2.45) is 0 Å². The Morgan fingerprint density at radius 3 is 2.55 bits per heavy atom. The maximum Gasteiger partial charge on any atom is 0.261 e. The van der Waals surface area contributed by atoms with Gasteiger partial charge in [0.1, 0.15) is 17.0 Å². The topological polar surface area (TPSA) is 138 Å². The lowest BCUT2D eigenvalue weighted by Crippen LogP contribution is -2.36. The molecule has 9 nitrogen and oxygen atoms in total. The Hall–Kier alpha value is -3.06. The van der Waals surface area contributed by atoms with Gasteiger partial charge in [0.25, 0.3) is 5.91 Å². The van der Waals surface area contributed by atoms with Crippen molar-refractivity contribution < 1.29 is 30.4 Å². The number of nitrogens with zero attached hydrogens (tertiary/aromatic N) is 1. The second kappa shape index (κ2) is 9.43. The van der Waals surface area contributed by atoms with Crippen molar-refractivity contribution in [3.8, 4) is 0 Å². The van der Waals surface area contributed by atoms with Crippen LogP contribution in [0.25, 0.3) is 11.0 Å². The third-order valence-corrected chi connectivity index (χ3v) is 10.1. The lowest BCUT2D eigenvalue weighted by Gasteiger charge is -2.18. The first kappa shape index (κ1) is 24.6. The summed E-state index contributed by atoms with van der Waals surface area (Å²) in [5.74, 6) is -4.25. The Bertz CT molecular complexity index is 1410. The molecule has 0 aliphatic rings. The predicted molar refractivity (Wildman–Crippen MR) is 121 cm³/mol. The third-order valence-electron chi connectivity index (χ3n) is 4.80. The first-order valence-electron chi connectivity index (χ1n) is 9.95. The monoisotopic (exact) mass is 500 g/mol. The van der Waals surface area contributed by atoms with Crippen LogP contribution >= 0.6 is 0 Å². The number of carbonyl (C=O) groups excluding carboxylic acids is 1. The van der Waals surface area contributed by atoms with E-state index in [1.54, 1.807) is 19.2 Å². The summed E-state index contributed by atoms with van der Waals surface area (Å²) in [6.45, 7) is 2.95. The van der Waals surface area contributed by atoms with E-state index < -0.39 is 53.2 Å². The van der Waals surface area contributed by atoms with Crippen LogP contribution < -0.4 is 10.0 Å². The van der Waals surface area contributed by atoms with E-state index in [-0.39, 0.29) is 24.3 Å². The van der Waals surface area contributed by atoms with E-state index in [1.165, 1.54) is 19.2 Å². The van der Waals surface area contributed by atoms with Gasteiger partial charge >= 0.3 is 0 Å². The van der Waals surface area contributed by atoms with E-state index in [0.717, 1.165) is 6.07 Å². The predicted octanol–water partition coefficient (Wildman–Crippen LogP) is 3.40. The van der Waals surface area contributed by atoms with Crippen LogP contribution in [0.3, 0.4) is 0 Å². The number of hydrogen-bond donors (Lipinski definition) is 3. The molecule has 1 atom stereocenters. The number of halogens is 2. The molecule has 2 aromatic heterocycles. The van der Waals surface area contributed by atoms with Crippen LogP contribution in [-0.2, 0) is 19.9 Å². The van der Waals surface area contributed by atoms with Crippen molar-refractivity contribution in [1.82, 2.24) is 9.97 Å². The van der Waals surface area contributed by atoms with E-state index >= 15 is 4.39 Å². The van der Waals surface area contributed by atoms with E-state index in [1.807, 2.05) is 4.72 Å². The molecule has 3 aromatic rings. The van der Waals surface area contributed by atoms with Gasteiger partial charge in [0.2, 0.25) is 10.0 Å². The number of sulfone groups is 1. The number of sulfonamides is 1. The smallest absolute Gasteiger partial charge is 0.261 e. The third kappa shape index (κ3) is 5.14. The summed E-state index contributed by atoms with van der Waals surface area (Å²) in [6, 6.07) is 4.71. The summed E-state index contributed by atoms with van der Waals surface area (Å²) >= 11 is 0. The average molecular weight is 501 g/mol. The van der Waals surface area contributed by atoms with Gasteiger partial charge in [-0.3, -0.25) is 9.52 Å². The summed E-state index contributed by atoms with van der Waals surface area (Å²) in [7, 11) is -8.64. The van der Waals surface area contributed by atoms with Crippen molar-refractivity contribution in [3.05, 3.63) is 53.9 Å². The van der Waals surface area contributed by atoms with E-state index in [9.17, 15) is 26.0 Å². The molecule has 0 saturated heterocycles. The van der Waals surface area contributed by atoms with E-state index in [0.29, 0.717) is 17.1 Å². The highest BCUT2D eigenvalue weighted by Gasteiger charge is 2.36. The number of nitrogens with one attached hydrogen (secondary N) is 3. The number of anilines is 2. The van der Waals surface area contributed by atoms with Gasteiger partial charge in [-0.2, -0.15) is 0 Å². The molecule has 0 aliphatic carbocycles. The normalized spacial score (nSPS) is 13.1. The fourth-order valence-corrected chi connectivity index (χ4v) is 7.69. The second-order valence-corrected chi connectivity index (χ2v) is 11.7. The van der Waals surface area contributed by atoms with Crippen molar-refractivity contribution in [2.75, 3.05) is 15.8 Å². The van der Waals surface area contributed by atoms with Gasteiger partial charge in [0, 0.05) is 11.6 Å². The number of carbonyl (C=O) groups is 1. The number of pyridine rings is 1. The maximum absolute atomic E-state index is 15.0. The van der Waals surface area contributed by atoms with Gasteiger partial charge in [-0.1, -0.05) is 13.8 Å². The van der Waals surface area contributed by atoms with Crippen LogP contribution in [0.15, 0.2) is 36.7 Å². The molecule has 13 heteroatoms. The highest BCUT2D eigenvalue weighted by Crippen LogP contribution is 2.26. The number of rotatable bonds is 9. The molecule has 3 N–H and O–H groups in total. The molecule has 0 saturated carbocycles. The minimum atomic E-state index is -4.61. The number of H-pyrrole nitrogens is 1. The first-order valence-corrected chi connectivity index (χ1v) is 13.2. The highest BCUT2D eigenvalue weighted by molar-refractivity contribution is 8.09. The van der Waals surface area contributed by atoms with Crippen LogP contribution in [0, 0.1) is 11.6 Å². The SMILES string of the molecule is CCCS(=O)(=O)C(CC)S(=O)(=O)Nc1ccc(F)c(C(=O)Nc2cnc3[nH]ccc3c2)c1F. The molecule has 2 heterocycles. The molecular formula is C20H22F2N4O5S2. The van der Waals surface area contributed by atoms with Crippen LogP contribution in [0.1, 0.15) is 37.0 Å². The quantitative estimate of drug-likeness (QED) is 0.412. The van der Waals surface area contributed by atoms with Gasteiger partial charge in [0.05, 0.1) is 23.3 Å². The summed E-state index contributed by atoms with van der Waals surface area (Å²) in [5.41, 5.74) is -1.07. The summed E-state index contributed by atoms with van der Waals surface area (Å²) < 4.78 is 79.5. The zero-order valence-electron chi connectivity index (χ0n) is 17.7. The van der Waals surface area contributed by atoms with E-state index in [4.69, 9.17) is 0 Å². The van der Waals surface area contributed by atoms with E-state index in [2.05, 4.69) is 15.3 Å². The number of benzene rings is 1. The van der Waals surface area contributed by atoms with Crippen molar-refractivity contribution in [1.29, 1.82) is 0 Å². The van der Waals surface area contributed by atoms with Crippen LogP contribution in [0.4, 0.5) is 20.2 Å². The van der Waals surface area contributed by atoms with Gasteiger partial charge < -0.3 is 10.3 Å². The minimum absolute atomic E-state index is 0.161. The first-order chi connectivity index (χ1) is 15.5. The Kier molecular flexibility index (Phi) is 7.03. The molecule has 0 spiro atoms. The minimum Gasteiger partial charge on any atom is -0.346 e. The lowest BCUT2D eigenvalue weighted by molar-refractivity contribution is 0.101. The van der Waals surface area contributed by atoms with Gasteiger partial charge in [0.15, 0.2) is 20.2 Å². The van der Waals surface area contributed by atoms with Crippen molar-refractivity contribution in [2.45, 2.75) is 31.3 Å². The zero-order chi connectivity index (χ0) is 24.4. The molecule has 178 valence electrons. The Balaban J connectivity index is 1.92. The maximum atomic E-state index is 15.0. The lowest BCUT2D eigenvalue weighted by atomic mass is 10.1. The number of aromatic nitrogens is 2. The molecule has 33 heavy (non-hydrogen) atoms. The highest BCUT2D eigenvalue weighted by atomic mass is 32.3. The molecule has 0 aliphatic heterocycles. The molecule has 0 radical (unpaired) electrons. The Labute approximate surface area is 189 Å². The largest absolute Gasteiger partial charge is 0.346 e. The van der Waals surface area contributed by atoms with Crippen LogP contribution in [-0.4, -0.2) is 43.0 Å². The van der Waals surface area contributed by atoms with Gasteiger partial charge in [-0.15, -0.1) is 0 Å². The zero-order valence-corrected chi connectivity index (χ0v) is 19.4. The molecule has 0 bridgehead atoms. The summed E-state index contributed by atoms with van der Waals surface area (Å²) in [6.07, 6.45) is 2.83. The fraction of sp³-hybridized carbons (Fsp3) is 0.300. The Morgan fingerprint density at radius 1 is 1.15 bits per heavy atom. The van der Waals surface area contributed by atoms with Gasteiger partial charge in [-0.05, 0) is 37.1 Å². The molecule has 3 rings (SSSR count).